The van der Waals surface area contributed by atoms with Gasteiger partial charge in [-0.2, -0.15) is 0 Å². The minimum absolute atomic E-state index is 0.396. The van der Waals surface area contributed by atoms with E-state index in [0.29, 0.717) is 7.47 Å². The first-order valence-corrected chi connectivity index (χ1v) is 16.7. The van der Waals surface area contributed by atoms with Crippen LogP contribution in [-0.4, -0.2) is 16.7 Å². The van der Waals surface area contributed by atoms with Gasteiger partial charge in [0.2, 0.25) is 0 Å². The zero-order valence-corrected chi connectivity index (χ0v) is 16.5. The predicted molar refractivity (Wildman–Crippen MR) is 76.5 cm³/mol. The Morgan fingerprint density at radius 2 is 1.09 bits per heavy atom. The van der Waals surface area contributed by atoms with Crippen molar-refractivity contribution in [2.45, 2.75) is 18.1 Å². The molecule has 0 rings (SSSR count). The molecule has 0 aromatic rings. The van der Waals surface area contributed by atoms with E-state index in [1.807, 2.05) is 0 Å². The van der Waals surface area contributed by atoms with Crippen molar-refractivity contribution in [2.75, 3.05) is 0 Å². The number of rotatable bonds is 4. The van der Waals surface area contributed by atoms with Crippen LogP contribution in [0.15, 0.2) is 0 Å². The third-order valence-electron chi connectivity index (χ3n) is 0.740. The second-order valence-corrected chi connectivity index (χ2v) is 30.4. The molecular formula is C4H6Br6Se. The Balaban J connectivity index is 3.79. The summed E-state index contributed by atoms with van der Waals surface area (Å²) < 4.78 is 0.792. The van der Waals surface area contributed by atoms with Gasteiger partial charge in [0.15, 0.2) is 0 Å². The van der Waals surface area contributed by atoms with Crippen LogP contribution < -0.4 is 0 Å². The van der Waals surface area contributed by atoms with Gasteiger partial charge < -0.3 is 0 Å². The number of alkyl halides is 4. The summed E-state index contributed by atoms with van der Waals surface area (Å²) in [6, 6.07) is 0. The average Bonchev–Trinajstić information content (AvgIpc) is 1.53. The van der Waals surface area contributed by atoms with Gasteiger partial charge in [-0.15, -0.1) is 0 Å². The van der Waals surface area contributed by atoms with Crippen LogP contribution in [0.3, 0.4) is 0 Å². The molecule has 0 nitrogen and oxygen atoms in total. The summed E-state index contributed by atoms with van der Waals surface area (Å²) in [5.41, 5.74) is 0. The molecular weight excluding hydrogens is 606 g/mol. The van der Waals surface area contributed by atoms with E-state index in [9.17, 15) is 0 Å². The van der Waals surface area contributed by atoms with Crippen molar-refractivity contribution in [3.63, 3.8) is 0 Å². The molecule has 0 unspecified atom stereocenters. The third kappa shape index (κ3) is 9.70. The Kier molecular flexibility index (Phi) is 8.91. The quantitative estimate of drug-likeness (QED) is 0.293. The van der Waals surface area contributed by atoms with Crippen LogP contribution in [0.4, 0.5) is 0 Å². The van der Waals surface area contributed by atoms with Crippen LogP contribution >= 0.6 is 91.9 Å². The molecule has 0 amide bonds. The van der Waals surface area contributed by atoms with Gasteiger partial charge in [-0.25, -0.2) is 0 Å². The Labute approximate surface area is 117 Å². The van der Waals surface area contributed by atoms with Gasteiger partial charge in [-0.05, 0) is 0 Å². The van der Waals surface area contributed by atoms with Gasteiger partial charge in [-0.1, -0.05) is 0 Å². The molecule has 0 aromatic heterocycles. The van der Waals surface area contributed by atoms with Gasteiger partial charge >= 0.3 is 119 Å². The van der Waals surface area contributed by atoms with Crippen LogP contribution in [-0.2, 0) is 0 Å². The van der Waals surface area contributed by atoms with E-state index in [-0.39, 0.29) is 0 Å². The van der Waals surface area contributed by atoms with E-state index in [0.717, 1.165) is 10.6 Å². The first kappa shape index (κ1) is 14.4. The van der Waals surface area contributed by atoms with Crippen molar-refractivity contribution in [1.82, 2.24) is 0 Å². The van der Waals surface area contributed by atoms with E-state index >= 15 is 0 Å². The summed E-state index contributed by atoms with van der Waals surface area (Å²) in [5, 5.41) is 2.23. The van der Waals surface area contributed by atoms with Gasteiger partial charge in [0.25, 0.3) is 0 Å². The zero-order chi connectivity index (χ0) is 9.07. The fraction of sp³-hybridized carbons (Fsp3) is 1.00. The molecule has 0 aromatic carbocycles. The van der Waals surface area contributed by atoms with Crippen molar-refractivity contribution < 1.29 is 0 Å². The molecule has 0 fully saturated rings. The Hall–Kier alpha value is 3.40. The molecule has 0 atom stereocenters. The molecule has 0 saturated carbocycles. The Morgan fingerprint density at radius 1 is 0.818 bits per heavy atom. The third-order valence-corrected chi connectivity index (χ3v) is 14.8. The first-order chi connectivity index (χ1) is 4.83. The van der Waals surface area contributed by atoms with E-state index in [2.05, 4.69) is 91.9 Å². The van der Waals surface area contributed by atoms with Crippen molar-refractivity contribution in [2.24, 2.45) is 0 Å². The van der Waals surface area contributed by atoms with E-state index in [1.165, 1.54) is 0 Å². The maximum atomic E-state index is 3.74. The fourth-order valence-electron chi connectivity index (χ4n) is 0.437. The summed E-state index contributed by atoms with van der Waals surface area (Å²) in [6.07, 6.45) is 0. The van der Waals surface area contributed by atoms with Gasteiger partial charge in [0.05, 0.1) is 0 Å². The predicted octanol–water partition coefficient (Wildman–Crippen LogP) is 5.45. The zero-order valence-electron chi connectivity index (χ0n) is 5.24. The normalized spacial score (nSPS) is 14.5. The molecule has 0 saturated heterocycles. The van der Waals surface area contributed by atoms with Crippen molar-refractivity contribution in [3.8, 4) is 0 Å². The van der Waals surface area contributed by atoms with Crippen molar-refractivity contribution >= 4 is 101 Å². The molecule has 0 radical (unpaired) electrons. The second kappa shape index (κ2) is 6.80. The van der Waals surface area contributed by atoms with Gasteiger partial charge in [-0.3, -0.25) is 0 Å². The summed E-state index contributed by atoms with van der Waals surface area (Å²) >= 11 is 21.3. The molecule has 0 aliphatic rings. The average molecular weight is 612 g/mol. The van der Waals surface area contributed by atoms with Gasteiger partial charge in [0, 0.05) is 0 Å². The molecule has 11 heavy (non-hydrogen) atoms. The summed E-state index contributed by atoms with van der Waals surface area (Å²) in [5.74, 6) is 0. The van der Waals surface area contributed by atoms with Crippen LogP contribution in [0.5, 0.6) is 0 Å². The minimum atomic E-state index is -1.56. The SMILES string of the molecule is BrC(Br)C[Se](Br)(Br)CC(Br)Br. The molecule has 7 heteroatoms. The monoisotopic (exact) mass is 607 g/mol. The van der Waals surface area contributed by atoms with E-state index < -0.39 is 9.23 Å². The number of hydrogen-bond donors (Lipinski definition) is 0. The maximum absolute atomic E-state index is 3.74. The van der Waals surface area contributed by atoms with E-state index in [1.54, 1.807) is 0 Å². The number of halogens is 6. The van der Waals surface area contributed by atoms with Crippen LogP contribution in [0.25, 0.3) is 0 Å². The molecule has 0 heterocycles. The molecule has 0 aliphatic heterocycles. The van der Waals surface area contributed by atoms with Crippen molar-refractivity contribution in [3.05, 3.63) is 0 Å². The molecule has 0 N–H and O–H groups in total. The van der Waals surface area contributed by atoms with Crippen molar-refractivity contribution in [1.29, 1.82) is 0 Å². The van der Waals surface area contributed by atoms with Crippen LogP contribution in [0.1, 0.15) is 0 Å². The molecule has 0 spiro atoms. The summed E-state index contributed by atoms with van der Waals surface area (Å²) in [7, 11) is -1.56. The first-order valence-electron chi connectivity index (χ1n) is 2.58. The molecule has 70 valence electrons. The molecule has 0 bridgehead atoms. The second-order valence-electron chi connectivity index (χ2n) is 1.81. The molecule has 0 aliphatic carbocycles. The standard InChI is InChI=1S/C4H6Br6Se/c5-3(6)1-11(9,10)2-4(7)8/h3-4H,1-2H2. The van der Waals surface area contributed by atoms with E-state index in [4.69, 9.17) is 0 Å². The van der Waals surface area contributed by atoms with Gasteiger partial charge in [0.1, 0.15) is 0 Å². The summed E-state index contributed by atoms with van der Waals surface area (Å²) in [4.78, 5) is 0. The topological polar surface area (TPSA) is 0 Å². The Bertz CT molecular complexity index is 101. The van der Waals surface area contributed by atoms with Crippen LogP contribution in [0.2, 0.25) is 10.6 Å². The number of hydrogen-bond acceptors (Lipinski definition) is 0. The summed E-state index contributed by atoms with van der Waals surface area (Å²) in [6.45, 7) is 0. The van der Waals surface area contributed by atoms with Crippen LogP contribution in [0, 0.1) is 0 Å². The Morgan fingerprint density at radius 3 is 1.27 bits per heavy atom. The fourth-order valence-corrected chi connectivity index (χ4v) is 31.9.